The molecule has 0 fully saturated rings. The molecule has 0 saturated heterocycles. The SMILES string of the molecule is CC(C)(C)OC(=O)NCCCC[C@H](NC(=O)OCc1ccccc1)C(O)C(=O)O.COC(=O)C(O)[C@H](CCCCN)NC(=O)OCc1ccccc1. The minimum Gasteiger partial charge on any atom is -0.479 e. The van der Waals surface area contributed by atoms with Gasteiger partial charge < -0.3 is 56.0 Å². The summed E-state index contributed by atoms with van der Waals surface area (Å²) in [5.41, 5.74) is 6.46. The molecule has 4 atom stereocenters. The largest absolute Gasteiger partial charge is 0.479 e. The predicted molar refractivity (Wildman–Crippen MR) is 190 cm³/mol. The van der Waals surface area contributed by atoms with E-state index in [9.17, 15) is 34.2 Å². The number of unbranched alkanes of at least 4 members (excludes halogenated alkanes) is 2. The molecule has 2 unspecified atom stereocenters. The van der Waals surface area contributed by atoms with E-state index in [-0.39, 0.29) is 19.6 Å². The molecule has 0 bridgehead atoms. The molecule has 0 saturated carbocycles. The van der Waals surface area contributed by atoms with E-state index >= 15 is 0 Å². The van der Waals surface area contributed by atoms with Crippen LogP contribution < -0.4 is 21.7 Å². The van der Waals surface area contributed by atoms with Gasteiger partial charge in [-0.3, -0.25) is 0 Å². The molecule has 0 spiro atoms. The standard InChI is InChI=1S/C20H30N2O7.C16H24N2O5/c1-20(2,3)29-18(26)21-12-8-7-11-15(16(23)17(24)25)22-19(27)28-13-14-9-5-4-6-10-14;1-22-15(20)14(19)13(9-5-6-10-17)18-16(21)23-11-12-7-3-2-4-8-12/h4-6,9-10,15-16,23H,7-8,11-13H2,1-3H3,(H,21,26)(H,22,27)(H,24,25);2-4,7-8,13-14,19H,5-6,9-11,17H2,1H3,(H,18,21)/t15-,16?;13-,14?/m00/s1. The summed E-state index contributed by atoms with van der Waals surface area (Å²) in [6.07, 6.45) is -2.30. The van der Waals surface area contributed by atoms with Crippen LogP contribution in [0.3, 0.4) is 0 Å². The Morgan fingerprint density at radius 2 is 1.17 bits per heavy atom. The van der Waals surface area contributed by atoms with Crippen molar-refractivity contribution in [2.75, 3.05) is 20.2 Å². The van der Waals surface area contributed by atoms with E-state index in [4.69, 9.17) is 25.1 Å². The number of carboxylic acids is 1. The van der Waals surface area contributed by atoms with E-state index in [0.717, 1.165) is 17.5 Å². The number of nitrogens with two attached hydrogens (primary N) is 1. The number of hydrogen-bond donors (Lipinski definition) is 7. The van der Waals surface area contributed by atoms with Crippen molar-refractivity contribution in [3.8, 4) is 0 Å². The number of carbonyl (C=O) groups is 5. The maximum absolute atomic E-state index is 12.0. The molecule has 0 aliphatic rings. The van der Waals surface area contributed by atoms with Crippen molar-refractivity contribution >= 4 is 30.2 Å². The molecular weight excluding hydrogens is 680 g/mol. The van der Waals surface area contributed by atoms with Crippen LogP contribution in [0.25, 0.3) is 0 Å². The van der Waals surface area contributed by atoms with E-state index in [1.54, 1.807) is 45.0 Å². The number of rotatable bonds is 19. The monoisotopic (exact) mass is 734 g/mol. The minimum atomic E-state index is -1.77. The summed E-state index contributed by atoms with van der Waals surface area (Å²) in [6, 6.07) is 16.4. The van der Waals surface area contributed by atoms with Crippen LogP contribution in [0, 0.1) is 0 Å². The van der Waals surface area contributed by atoms with Crippen molar-refractivity contribution in [3.05, 3.63) is 71.8 Å². The summed E-state index contributed by atoms with van der Waals surface area (Å²) < 4.78 is 19.8. The van der Waals surface area contributed by atoms with E-state index in [2.05, 4.69) is 20.7 Å². The number of benzene rings is 2. The quantitative estimate of drug-likeness (QED) is 0.0623. The molecular formula is C36H54N4O12. The highest BCUT2D eigenvalue weighted by Crippen LogP contribution is 2.10. The topological polar surface area (TPSA) is 245 Å². The number of aliphatic carboxylic acids is 1. The molecule has 0 heterocycles. The molecule has 16 nitrogen and oxygen atoms in total. The average molecular weight is 735 g/mol. The van der Waals surface area contributed by atoms with Crippen LogP contribution in [0.4, 0.5) is 14.4 Å². The summed E-state index contributed by atoms with van der Waals surface area (Å²) in [5, 5.41) is 36.3. The normalized spacial score (nSPS) is 13.1. The summed E-state index contributed by atoms with van der Waals surface area (Å²) >= 11 is 0. The molecule has 0 radical (unpaired) electrons. The third-order valence-corrected chi connectivity index (χ3v) is 7.07. The van der Waals surface area contributed by atoms with Gasteiger partial charge in [0.1, 0.15) is 18.8 Å². The zero-order valence-corrected chi connectivity index (χ0v) is 30.2. The lowest BCUT2D eigenvalue weighted by Crippen LogP contribution is -2.47. The summed E-state index contributed by atoms with van der Waals surface area (Å²) in [7, 11) is 1.18. The van der Waals surface area contributed by atoms with Gasteiger partial charge in [-0.15, -0.1) is 0 Å². The molecule has 0 aromatic heterocycles. The maximum Gasteiger partial charge on any atom is 0.407 e. The maximum atomic E-state index is 12.0. The van der Waals surface area contributed by atoms with Gasteiger partial charge in [-0.05, 0) is 70.5 Å². The number of aliphatic hydroxyl groups excluding tert-OH is 2. The molecule has 2 aromatic rings. The van der Waals surface area contributed by atoms with Gasteiger partial charge in [0.2, 0.25) is 0 Å². The first-order valence-electron chi connectivity index (χ1n) is 16.9. The molecule has 2 aromatic carbocycles. The molecule has 0 aliphatic carbocycles. The molecule has 52 heavy (non-hydrogen) atoms. The number of alkyl carbamates (subject to hydrolysis) is 3. The molecule has 8 N–H and O–H groups in total. The number of methoxy groups -OCH3 is 1. The number of nitrogens with one attached hydrogen (secondary N) is 3. The van der Waals surface area contributed by atoms with Gasteiger partial charge in [-0.25, -0.2) is 24.0 Å². The average Bonchev–Trinajstić information content (AvgIpc) is 3.11. The first kappa shape index (κ1) is 45.1. The fourth-order valence-corrected chi connectivity index (χ4v) is 4.41. The second kappa shape index (κ2) is 25.1. The highest BCUT2D eigenvalue weighted by molar-refractivity contribution is 5.77. The number of ether oxygens (including phenoxy) is 4. The Bertz CT molecular complexity index is 1340. The lowest BCUT2D eigenvalue weighted by molar-refractivity contribution is -0.152. The molecule has 0 aliphatic heterocycles. The van der Waals surface area contributed by atoms with Gasteiger partial charge in [-0.1, -0.05) is 67.1 Å². The summed E-state index contributed by atoms with van der Waals surface area (Å²) in [6.45, 7) is 6.23. The van der Waals surface area contributed by atoms with Crippen molar-refractivity contribution in [2.24, 2.45) is 5.73 Å². The van der Waals surface area contributed by atoms with Crippen LogP contribution in [-0.4, -0.2) is 95.6 Å². The zero-order chi connectivity index (χ0) is 38.9. The van der Waals surface area contributed by atoms with Crippen LogP contribution in [-0.2, 0) is 41.8 Å². The van der Waals surface area contributed by atoms with Crippen molar-refractivity contribution in [2.45, 2.75) is 102 Å². The number of amides is 3. The highest BCUT2D eigenvalue weighted by atomic mass is 16.6. The number of aliphatic hydroxyl groups is 2. The van der Waals surface area contributed by atoms with Crippen molar-refractivity contribution in [1.82, 2.24) is 16.0 Å². The van der Waals surface area contributed by atoms with Crippen LogP contribution >= 0.6 is 0 Å². The Balaban J connectivity index is 0.000000534. The van der Waals surface area contributed by atoms with Crippen molar-refractivity contribution < 1.29 is 58.2 Å². The van der Waals surface area contributed by atoms with Crippen LogP contribution in [0.2, 0.25) is 0 Å². The Kier molecular flexibility index (Phi) is 21.8. The van der Waals surface area contributed by atoms with Crippen LogP contribution in [0.5, 0.6) is 0 Å². The number of hydrogen-bond acceptors (Lipinski definition) is 12. The lowest BCUT2D eigenvalue weighted by Gasteiger charge is -2.22. The molecule has 2 rings (SSSR count). The fourth-order valence-electron chi connectivity index (χ4n) is 4.41. The zero-order valence-electron chi connectivity index (χ0n) is 30.2. The first-order valence-corrected chi connectivity index (χ1v) is 16.9. The third-order valence-electron chi connectivity index (χ3n) is 7.07. The Morgan fingerprint density at radius 3 is 1.60 bits per heavy atom. The number of carboxylic acid groups (broad SMARTS) is 1. The van der Waals surface area contributed by atoms with Gasteiger partial charge in [0, 0.05) is 6.54 Å². The molecule has 3 amide bonds. The summed E-state index contributed by atoms with van der Waals surface area (Å²) in [4.78, 5) is 57.9. The predicted octanol–water partition coefficient (Wildman–Crippen LogP) is 3.37. The molecule has 290 valence electrons. The Labute approximate surface area is 304 Å². The van der Waals surface area contributed by atoms with Gasteiger partial charge >= 0.3 is 30.2 Å². The van der Waals surface area contributed by atoms with Crippen LogP contribution in [0.15, 0.2) is 60.7 Å². The third kappa shape index (κ3) is 20.7. The van der Waals surface area contributed by atoms with Crippen molar-refractivity contribution in [3.63, 3.8) is 0 Å². The fraction of sp³-hybridized carbons (Fsp3) is 0.528. The van der Waals surface area contributed by atoms with E-state index < -0.39 is 60.1 Å². The smallest absolute Gasteiger partial charge is 0.407 e. The van der Waals surface area contributed by atoms with E-state index in [1.165, 1.54) is 7.11 Å². The Morgan fingerprint density at radius 1 is 0.712 bits per heavy atom. The number of esters is 1. The summed E-state index contributed by atoms with van der Waals surface area (Å²) in [5.74, 6) is -2.24. The van der Waals surface area contributed by atoms with Crippen LogP contribution in [0.1, 0.15) is 70.4 Å². The highest BCUT2D eigenvalue weighted by Gasteiger charge is 2.29. The van der Waals surface area contributed by atoms with E-state index in [1.807, 2.05) is 36.4 Å². The van der Waals surface area contributed by atoms with Crippen molar-refractivity contribution in [1.29, 1.82) is 0 Å². The van der Waals surface area contributed by atoms with Gasteiger partial charge in [0.05, 0.1) is 19.2 Å². The van der Waals surface area contributed by atoms with Gasteiger partial charge in [0.15, 0.2) is 12.2 Å². The first-order chi connectivity index (χ1) is 24.7. The second-order valence-electron chi connectivity index (χ2n) is 12.6. The lowest BCUT2D eigenvalue weighted by atomic mass is 10.0. The minimum absolute atomic E-state index is 0.0301. The Hall–Kier alpha value is -4.93. The number of carbonyl (C=O) groups excluding carboxylic acids is 4. The van der Waals surface area contributed by atoms with Gasteiger partial charge in [-0.2, -0.15) is 0 Å². The van der Waals surface area contributed by atoms with Gasteiger partial charge in [0.25, 0.3) is 0 Å². The molecule has 16 heteroatoms. The second-order valence-corrected chi connectivity index (χ2v) is 12.6. The van der Waals surface area contributed by atoms with E-state index in [0.29, 0.717) is 38.8 Å².